The van der Waals surface area contributed by atoms with Crippen LogP contribution in [0, 0.1) is 13.8 Å². The van der Waals surface area contributed by atoms with E-state index in [0.29, 0.717) is 0 Å². The lowest BCUT2D eigenvalue weighted by molar-refractivity contribution is 0.617. The van der Waals surface area contributed by atoms with E-state index in [2.05, 4.69) is 46.5 Å². The van der Waals surface area contributed by atoms with Crippen molar-refractivity contribution in [1.82, 2.24) is 30.0 Å². The number of hydrogen-bond donors (Lipinski definition) is 2. The second-order valence-corrected chi connectivity index (χ2v) is 5.82. The van der Waals surface area contributed by atoms with Gasteiger partial charge in [-0.15, -0.1) is 24.0 Å². The van der Waals surface area contributed by atoms with Gasteiger partial charge in [0.25, 0.3) is 0 Å². The van der Waals surface area contributed by atoms with Gasteiger partial charge in [-0.3, -0.25) is 9.67 Å². The number of aromatic nitrogens is 4. The van der Waals surface area contributed by atoms with Gasteiger partial charge in [0.15, 0.2) is 5.96 Å². The molecule has 0 saturated carbocycles. The van der Waals surface area contributed by atoms with Crippen LogP contribution in [0.1, 0.15) is 23.9 Å². The number of nitrogens with zero attached hydrogens (tertiary/aromatic N) is 5. The normalized spacial score (nSPS) is 12.6. The number of guanidine groups is 1. The highest BCUT2D eigenvalue weighted by molar-refractivity contribution is 14.0. The first-order valence-corrected chi connectivity index (χ1v) is 7.93. The van der Waals surface area contributed by atoms with Crippen LogP contribution < -0.4 is 10.6 Å². The second kappa shape index (κ2) is 9.65. The number of rotatable bonds is 6. The third-order valence-electron chi connectivity index (χ3n) is 4.00. The Morgan fingerprint density at radius 3 is 2.67 bits per heavy atom. The molecule has 0 aliphatic carbocycles. The van der Waals surface area contributed by atoms with E-state index in [-0.39, 0.29) is 30.0 Å². The number of imidazole rings is 1. The van der Waals surface area contributed by atoms with E-state index in [1.165, 1.54) is 11.3 Å². The molecule has 0 amide bonds. The Bertz CT molecular complexity index is 646. The molecule has 1 unspecified atom stereocenters. The van der Waals surface area contributed by atoms with Crippen molar-refractivity contribution in [2.24, 2.45) is 12.0 Å². The third kappa shape index (κ3) is 5.50. The maximum Gasteiger partial charge on any atom is 0.191 e. The molecule has 2 aromatic rings. The number of halogens is 1. The van der Waals surface area contributed by atoms with E-state index in [4.69, 9.17) is 0 Å². The van der Waals surface area contributed by atoms with Crippen LogP contribution in [0.2, 0.25) is 0 Å². The van der Waals surface area contributed by atoms with Gasteiger partial charge in [0.2, 0.25) is 0 Å². The van der Waals surface area contributed by atoms with Gasteiger partial charge in [-0.05, 0) is 32.8 Å². The van der Waals surface area contributed by atoms with E-state index in [9.17, 15) is 0 Å². The Hall–Kier alpha value is -1.58. The summed E-state index contributed by atoms with van der Waals surface area (Å²) in [6.07, 6.45) is 6.48. The van der Waals surface area contributed by atoms with Crippen molar-refractivity contribution in [1.29, 1.82) is 0 Å². The first-order chi connectivity index (χ1) is 11.0. The van der Waals surface area contributed by atoms with Crippen LogP contribution in [0.15, 0.2) is 23.7 Å². The summed E-state index contributed by atoms with van der Waals surface area (Å²) < 4.78 is 3.97. The molecule has 24 heavy (non-hydrogen) atoms. The predicted molar refractivity (Wildman–Crippen MR) is 108 cm³/mol. The first-order valence-electron chi connectivity index (χ1n) is 7.93. The van der Waals surface area contributed by atoms with Crippen LogP contribution in [-0.4, -0.2) is 44.9 Å². The van der Waals surface area contributed by atoms with Crippen LogP contribution in [0.25, 0.3) is 0 Å². The molecule has 7 nitrogen and oxygen atoms in total. The van der Waals surface area contributed by atoms with E-state index in [1.54, 1.807) is 13.2 Å². The Morgan fingerprint density at radius 1 is 1.38 bits per heavy atom. The Kier molecular flexibility index (Phi) is 8.23. The fourth-order valence-electron chi connectivity index (χ4n) is 2.62. The van der Waals surface area contributed by atoms with Crippen LogP contribution in [0.5, 0.6) is 0 Å². The van der Waals surface area contributed by atoms with Crippen molar-refractivity contribution < 1.29 is 0 Å². The first kappa shape index (κ1) is 20.5. The summed E-state index contributed by atoms with van der Waals surface area (Å²) in [4.78, 5) is 8.32. The fraction of sp³-hybridized carbons (Fsp3) is 0.562. The lowest BCUT2D eigenvalue weighted by atomic mass is 10.1. The Labute approximate surface area is 161 Å². The van der Waals surface area contributed by atoms with E-state index in [0.717, 1.165) is 31.2 Å². The standard InChI is InChI=1S/C16H27N7.HI/c1-12(10-15-13(2)21-22(5)14(15)3)20-16(17-4)19-7-9-23-8-6-18-11-23;/h6,8,11-12H,7,9-10H2,1-5H3,(H2,17,19,20);1H. The molecule has 1 atom stereocenters. The largest absolute Gasteiger partial charge is 0.355 e. The van der Waals surface area contributed by atoms with Gasteiger partial charge < -0.3 is 15.2 Å². The minimum atomic E-state index is 0. The second-order valence-electron chi connectivity index (χ2n) is 5.82. The topological polar surface area (TPSA) is 72.1 Å². The minimum Gasteiger partial charge on any atom is -0.355 e. The Balaban J connectivity index is 0.00000288. The number of aliphatic imine (C=N–C) groups is 1. The third-order valence-corrected chi connectivity index (χ3v) is 4.00. The molecule has 0 bridgehead atoms. The average Bonchev–Trinajstić information content (AvgIpc) is 3.11. The van der Waals surface area contributed by atoms with Gasteiger partial charge in [-0.2, -0.15) is 5.10 Å². The minimum absolute atomic E-state index is 0. The summed E-state index contributed by atoms with van der Waals surface area (Å²) in [5.74, 6) is 0.816. The number of hydrogen-bond acceptors (Lipinski definition) is 3. The molecule has 2 aromatic heterocycles. The smallest absolute Gasteiger partial charge is 0.191 e. The van der Waals surface area contributed by atoms with Gasteiger partial charge in [0.1, 0.15) is 0 Å². The zero-order valence-corrected chi connectivity index (χ0v) is 17.4. The molecule has 0 fully saturated rings. The van der Waals surface area contributed by atoms with Crippen LogP contribution >= 0.6 is 24.0 Å². The summed E-state index contributed by atoms with van der Waals surface area (Å²) in [6.45, 7) is 7.99. The van der Waals surface area contributed by atoms with Crippen molar-refractivity contribution in [3.05, 3.63) is 35.7 Å². The van der Waals surface area contributed by atoms with Crippen molar-refractivity contribution in [3.63, 3.8) is 0 Å². The van der Waals surface area contributed by atoms with Crippen LogP contribution in [-0.2, 0) is 20.0 Å². The lowest BCUT2D eigenvalue weighted by Crippen LogP contribution is -2.44. The van der Waals surface area contributed by atoms with Crippen molar-refractivity contribution >= 4 is 29.9 Å². The average molecular weight is 445 g/mol. The molecular weight excluding hydrogens is 417 g/mol. The number of nitrogens with one attached hydrogen (secondary N) is 2. The van der Waals surface area contributed by atoms with Crippen molar-refractivity contribution in [2.45, 2.75) is 39.8 Å². The summed E-state index contributed by atoms with van der Waals surface area (Å²) in [5, 5.41) is 11.2. The van der Waals surface area contributed by atoms with Gasteiger partial charge in [-0.25, -0.2) is 4.98 Å². The van der Waals surface area contributed by atoms with Crippen LogP contribution in [0.3, 0.4) is 0 Å². The van der Waals surface area contributed by atoms with Gasteiger partial charge in [0, 0.05) is 51.3 Å². The molecule has 0 saturated heterocycles. The van der Waals surface area contributed by atoms with E-state index < -0.39 is 0 Å². The molecule has 2 heterocycles. The lowest BCUT2D eigenvalue weighted by Gasteiger charge is -2.18. The predicted octanol–water partition coefficient (Wildman–Crippen LogP) is 1.65. The van der Waals surface area contributed by atoms with Gasteiger partial charge in [-0.1, -0.05) is 0 Å². The van der Waals surface area contributed by atoms with E-state index in [1.807, 2.05) is 28.8 Å². The van der Waals surface area contributed by atoms with E-state index >= 15 is 0 Å². The van der Waals surface area contributed by atoms with Crippen molar-refractivity contribution in [3.8, 4) is 0 Å². The molecule has 0 radical (unpaired) electrons. The zero-order valence-electron chi connectivity index (χ0n) is 15.1. The SMILES string of the molecule is CN=C(NCCn1ccnc1)NC(C)Cc1c(C)nn(C)c1C.I. The van der Waals surface area contributed by atoms with Crippen molar-refractivity contribution in [2.75, 3.05) is 13.6 Å². The molecule has 134 valence electrons. The van der Waals surface area contributed by atoms with Gasteiger partial charge in [0.05, 0.1) is 12.0 Å². The molecule has 0 aliphatic heterocycles. The molecule has 0 spiro atoms. The molecule has 0 aliphatic rings. The molecule has 0 aromatic carbocycles. The maximum absolute atomic E-state index is 4.48. The monoisotopic (exact) mass is 445 g/mol. The molecule has 8 heteroatoms. The summed E-state index contributed by atoms with van der Waals surface area (Å²) in [5.41, 5.74) is 3.63. The quantitative estimate of drug-likeness (QED) is 0.403. The zero-order chi connectivity index (χ0) is 16.8. The summed E-state index contributed by atoms with van der Waals surface area (Å²) in [6, 6.07) is 0.274. The van der Waals surface area contributed by atoms with Crippen LogP contribution in [0.4, 0.5) is 0 Å². The highest BCUT2D eigenvalue weighted by atomic mass is 127. The molecule has 2 rings (SSSR count). The highest BCUT2D eigenvalue weighted by Crippen LogP contribution is 2.13. The summed E-state index contributed by atoms with van der Waals surface area (Å²) >= 11 is 0. The number of aryl methyl sites for hydroxylation is 2. The van der Waals surface area contributed by atoms with Gasteiger partial charge >= 0.3 is 0 Å². The maximum atomic E-state index is 4.48. The Morgan fingerprint density at radius 2 is 2.12 bits per heavy atom. The highest BCUT2D eigenvalue weighted by Gasteiger charge is 2.13. The molecular formula is C16H28IN7. The fourth-order valence-corrected chi connectivity index (χ4v) is 2.62. The summed E-state index contributed by atoms with van der Waals surface area (Å²) in [7, 11) is 3.78. The molecule has 2 N–H and O–H groups in total.